The monoisotopic (exact) mass is 198 g/mol. The molecule has 5 nitrogen and oxygen atoms in total. The number of hydrogen-bond donors (Lipinski definition) is 0. The van der Waals surface area contributed by atoms with E-state index in [4.69, 9.17) is 16.1 Å². The van der Waals surface area contributed by atoms with Crippen molar-refractivity contribution in [1.82, 2.24) is 5.16 Å². The van der Waals surface area contributed by atoms with Crippen LogP contribution in [0.4, 0.5) is 5.69 Å². The van der Waals surface area contributed by atoms with E-state index in [2.05, 4.69) is 5.16 Å². The molecule has 2 aromatic rings. The zero-order valence-corrected chi connectivity index (χ0v) is 6.99. The van der Waals surface area contributed by atoms with Crippen molar-refractivity contribution in [2.24, 2.45) is 0 Å². The van der Waals surface area contributed by atoms with Crippen molar-refractivity contribution in [1.29, 1.82) is 0 Å². The Kier molecular flexibility index (Phi) is 1.66. The molecular formula is C7H3ClN2O3. The van der Waals surface area contributed by atoms with Gasteiger partial charge in [-0.1, -0.05) is 22.8 Å². The Morgan fingerprint density at radius 1 is 1.54 bits per heavy atom. The number of nitro benzene ring substituents is 1. The van der Waals surface area contributed by atoms with Crippen LogP contribution < -0.4 is 0 Å². The van der Waals surface area contributed by atoms with Gasteiger partial charge in [0.25, 0.3) is 0 Å². The molecule has 0 saturated carbocycles. The molecule has 0 amide bonds. The second-order valence-electron chi connectivity index (χ2n) is 2.38. The highest BCUT2D eigenvalue weighted by Gasteiger charge is 2.17. The van der Waals surface area contributed by atoms with Crippen LogP contribution in [0.3, 0.4) is 0 Å². The summed E-state index contributed by atoms with van der Waals surface area (Å²) in [6.45, 7) is 0. The summed E-state index contributed by atoms with van der Waals surface area (Å²) < 4.78 is 4.72. The highest BCUT2D eigenvalue weighted by molar-refractivity contribution is 6.34. The van der Waals surface area contributed by atoms with E-state index >= 15 is 0 Å². The molecule has 0 radical (unpaired) electrons. The first kappa shape index (κ1) is 8.00. The lowest BCUT2D eigenvalue weighted by atomic mass is 10.2. The molecule has 0 aliphatic carbocycles. The minimum atomic E-state index is -0.538. The van der Waals surface area contributed by atoms with E-state index in [1.54, 1.807) is 6.07 Å². The van der Waals surface area contributed by atoms with Crippen molar-refractivity contribution in [3.05, 3.63) is 33.5 Å². The molecule has 0 aliphatic rings. The number of aromatic nitrogens is 1. The van der Waals surface area contributed by atoms with E-state index in [1.807, 2.05) is 0 Å². The smallest absolute Gasteiger partial charge is 0.315 e. The fourth-order valence-corrected chi connectivity index (χ4v) is 1.25. The van der Waals surface area contributed by atoms with Gasteiger partial charge < -0.3 is 4.52 Å². The number of halogens is 1. The van der Waals surface area contributed by atoms with Gasteiger partial charge in [0.2, 0.25) is 5.58 Å². The van der Waals surface area contributed by atoms with Crippen molar-refractivity contribution in [3.8, 4) is 0 Å². The van der Waals surface area contributed by atoms with Gasteiger partial charge in [0.05, 0.1) is 10.3 Å². The van der Waals surface area contributed by atoms with Crippen LogP contribution >= 0.6 is 11.6 Å². The predicted octanol–water partition coefficient (Wildman–Crippen LogP) is 2.39. The maximum Gasteiger partial charge on any atom is 0.315 e. The Balaban J connectivity index is 2.84. The molecule has 6 heteroatoms. The summed E-state index contributed by atoms with van der Waals surface area (Å²) >= 11 is 5.62. The van der Waals surface area contributed by atoms with Crippen LogP contribution in [0.2, 0.25) is 5.15 Å². The van der Waals surface area contributed by atoms with Crippen LogP contribution in [0.15, 0.2) is 22.7 Å². The fraction of sp³-hybridized carbons (Fsp3) is 0. The van der Waals surface area contributed by atoms with Gasteiger partial charge in [-0.15, -0.1) is 0 Å². The molecule has 0 spiro atoms. The molecule has 1 aromatic carbocycles. The van der Waals surface area contributed by atoms with E-state index in [9.17, 15) is 10.1 Å². The lowest BCUT2D eigenvalue weighted by Gasteiger charge is -1.89. The second-order valence-corrected chi connectivity index (χ2v) is 2.74. The number of hydrogen-bond acceptors (Lipinski definition) is 4. The highest BCUT2D eigenvalue weighted by atomic mass is 35.5. The van der Waals surface area contributed by atoms with Crippen molar-refractivity contribution in [2.75, 3.05) is 0 Å². The maximum absolute atomic E-state index is 10.5. The zero-order valence-electron chi connectivity index (χ0n) is 6.23. The SMILES string of the molecule is O=[N+]([O-])c1cccc2c(Cl)noc12. The molecule has 1 aromatic heterocycles. The fourth-order valence-electron chi connectivity index (χ4n) is 1.06. The number of benzene rings is 1. The number of fused-ring (bicyclic) bond motifs is 1. The van der Waals surface area contributed by atoms with Crippen LogP contribution in [-0.4, -0.2) is 10.1 Å². The van der Waals surface area contributed by atoms with E-state index in [0.717, 1.165) is 0 Å². The van der Waals surface area contributed by atoms with Gasteiger partial charge in [-0.25, -0.2) is 0 Å². The lowest BCUT2D eigenvalue weighted by Crippen LogP contribution is -1.87. The first-order valence-corrected chi connectivity index (χ1v) is 3.76. The van der Waals surface area contributed by atoms with Crippen LogP contribution in [0.1, 0.15) is 0 Å². The van der Waals surface area contributed by atoms with Gasteiger partial charge in [-0.3, -0.25) is 10.1 Å². The standard InChI is InChI=1S/C7H3ClN2O3/c8-7-4-2-1-3-5(10(11)12)6(4)13-9-7/h1-3H. The molecule has 0 atom stereocenters. The first-order valence-electron chi connectivity index (χ1n) is 3.38. The van der Waals surface area contributed by atoms with Crippen LogP contribution in [0.5, 0.6) is 0 Å². The van der Waals surface area contributed by atoms with Gasteiger partial charge >= 0.3 is 5.69 Å². The van der Waals surface area contributed by atoms with Crippen molar-refractivity contribution in [3.63, 3.8) is 0 Å². The summed E-state index contributed by atoms with van der Waals surface area (Å²) in [6.07, 6.45) is 0. The number of nitrogens with zero attached hydrogens (tertiary/aromatic N) is 2. The third-order valence-corrected chi connectivity index (χ3v) is 1.90. The molecule has 1 heterocycles. The van der Waals surface area contributed by atoms with Crippen molar-refractivity contribution >= 4 is 28.3 Å². The third-order valence-electron chi connectivity index (χ3n) is 1.63. The second kappa shape index (κ2) is 2.70. The molecule has 0 bridgehead atoms. The molecule has 2 rings (SSSR count). The Bertz CT molecular complexity index is 480. The first-order chi connectivity index (χ1) is 6.20. The summed E-state index contributed by atoms with van der Waals surface area (Å²) in [5.74, 6) is 0. The molecular weight excluding hydrogens is 196 g/mol. The predicted molar refractivity (Wildman–Crippen MR) is 45.7 cm³/mol. The van der Waals surface area contributed by atoms with Gasteiger partial charge in [-0.05, 0) is 6.07 Å². The number of non-ortho nitro benzene ring substituents is 1. The van der Waals surface area contributed by atoms with Crippen molar-refractivity contribution < 1.29 is 9.45 Å². The van der Waals surface area contributed by atoms with Crippen LogP contribution in [-0.2, 0) is 0 Å². The summed E-state index contributed by atoms with van der Waals surface area (Å²) in [4.78, 5) is 9.96. The minimum Gasteiger partial charge on any atom is -0.347 e. The highest BCUT2D eigenvalue weighted by Crippen LogP contribution is 2.29. The molecule has 13 heavy (non-hydrogen) atoms. The Morgan fingerprint density at radius 3 is 3.00 bits per heavy atom. The van der Waals surface area contributed by atoms with Crippen molar-refractivity contribution in [2.45, 2.75) is 0 Å². The van der Waals surface area contributed by atoms with E-state index in [1.165, 1.54) is 12.1 Å². The van der Waals surface area contributed by atoms with E-state index < -0.39 is 4.92 Å². The summed E-state index contributed by atoms with van der Waals surface area (Å²) in [6, 6.07) is 4.48. The van der Waals surface area contributed by atoms with Gasteiger partial charge in [0.15, 0.2) is 5.15 Å². The Hall–Kier alpha value is -1.62. The molecule has 0 fully saturated rings. The number of para-hydroxylation sites is 1. The number of rotatable bonds is 1. The average Bonchev–Trinajstić information content (AvgIpc) is 2.48. The van der Waals surface area contributed by atoms with E-state index in [-0.39, 0.29) is 16.4 Å². The quantitative estimate of drug-likeness (QED) is 0.521. The summed E-state index contributed by atoms with van der Waals surface area (Å²) in [5, 5.41) is 14.5. The average molecular weight is 199 g/mol. The van der Waals surface area contributed by atoms with E-state index in [0.29, 0.717) is 5.39 Å². The molecule has 0 aliphatic heterocycles. The Morgan fingerprint density at radius 2 is 2.31 bits per heavy atom. The number of nitro groups is 1. The topological polar surface area (TPSA) is 69.2 Å². The summed E-state index contributed by atoms with van der Waals surface area (Å²) in [5.41, 5.74) is -0.0191. The summed E-state index contributed by atoms with van der Waals surface area (Å²) in [7, 11) is 0. The Labute approximate surface area is 77.0 Å². The maximum atomic E-state index is 10.5. The largest absolute Gasteiger partial charge is 0.347 e. The molecule has 0 N–H and O–H groups in total. The van der Waals surface area contributed by atoms with Crippen LogP contribution in [0.25, 0.3) is 11.0 Å². The van der Waals surface area contributed by atoms with Gasteiger partial charge in [0.1, 0.15) is 0 Å². The molecule has 0 saturated heterocycles. The zero-order chi connectivity index (χ0) is 9.42. The van der Waals surface area contributed by atoms with Gasteiger partial charge in [0, 0.05) is 6.07 Å². The molecule has 0 unspecified atom stereocenters. The normalized spacial score (nSPS) is 10.5. The van der Waals surface area contributed by atoms with Crippen LogP contribution in [0, 0.1) is 10.1 Å². The minimum absolute atomic E-state index is 0.109. The lowest BCUT2D eigenvalue weighted by molar-refractivity contribution is -0.383. The third kappa shape index (κ3) is 1.13. The van der Waals surface area contributed by atoms with Gasteiger partial charge in [-0.2, -0.15) is 0 Å². The molecule has 66 valence electrons.